The van der Waals surface area contributed by atoms with Crippen LogP contribution >= 0.6 is 0 Å². The van der Waals surface area contributed by atoms with Crippen LogP contribution in [0.25, 0.3) is 0 Å². The maximum Gasteiger partial charge on any atom is 0.130 e. The number of benzene rings is 1. The SMILES string of the molecule is CCOC1CCCN(C(CN)c2ccc(F)cc2F)C1. The van der Waals surface area contributed by atoms with Crippen LogP contribution in [0.15, 0.2) is 18.2 Å². The van der Waals surface area contributed by atoms with Gasteiger partial charge in [0.2, 0.25) is 0 Å². The minimum Gasteiger partial charge on any atom is -0.377 e. The third kappa shape index (κ3) is 3.53. The standard InChI is InChI=1S/C15H22F2N2O/c1-2-20-12-4-3-7-19(10-12)15(9-18)13-6-5-11(16)8-14(13)17/h5-6,8,12,15H,2-4,7,9-10,18H2,1H3. The molecule has 1 aromatic rings. The molecule has 0 aromatic heterocycles. The Morgan fingerprint density at radius 2 is 2.25 bits per heavy atom. The Balaban J connectivity index is 2.14. The minimum atomic E-state index is -0.562. The van der Waals surface area contributed by atoms with Crippen LogP contribution in [0.5, 0.6) is 0 Å². The predicted octanol–water partition coefficient (Wildman–Crippen LogP) is 2.47. The predicted molar refractivity (Wildman–Crippen MR) is 74.4 cm³/mol. The molecular weight excluding hydrogens is 262 g/mol. The maximum absolute atomic E-state index is 13.9. The van der Waals surface area contributed by atoms with Crippen molar-refractivity contribution < 1.29 is 13.5 Å². The Hall–Kier alpha value is -1.04. The number of hydrogen-bond donors (Lipinski definition) is 1. The van der Waals surface area contributed by atoms with Crippen molar-refractivity contribution in [2.45, 2.75) is 31.9 Å². The zero-order chi connectivity index (χ0) is 14.5. The van der Waals surface area contributed by atoms with Crippen LogP contribution in [-0.2, 0) is 4.74 Å². The van der Waals surface area contributed by atoms with E-state index in [9.17, 15) is 8.78 Å². The quantitative estimate of drug-likeness (QED) is 0.902. The molecule has 1 aromatic carbocycles. The summed E-state index contributed by atoms with van der Waals surface area (Å²) >= 11 is 0. The molecule has 0 radical (unpaired) electrons. The van der Waals surface area contributed by atoms with Crippen molar-refractivity contribution in [2.75, 3.05) is 26.2 Å². The van der Waals surface area contributed by atoms with Gasteiger partial charge < -0.3 is 10.5 Å². The van der Waals surface area contributed by atoms with Crippen LogP contribution in [0.2, 0.25) is 0 Å². The highest BCUT2D eigenvalue weighted by Crippen LogP contribution is 2.27. The van der Waals surface area contributed by atoms with Gasteiger partial charge in [0.05, 0.1) is 12.1 Å². The molecule has 2 unspecified atom stereocenters. The molecule has 2 rings (SSSR count). The van der Waals surface area contributed by atoms with Gasteiger partial charge in [0.25, 0.3) is 0 Å². The second-order valence-corrected chi connectivity index (χ2v) is 5.13. The largest absolute Gasteiger partial charge is 0.377 e. The molecule has 5 heteroatoms. The number of nitrogens with two attached hydrogens (primary N) is 1. The number of nitrogens with zero attached hydrogens (tertiary/aromatic N) is 1. The van der Waals surface area contributed by atoms with Gasteiger partial charge in [-0.25, -0.2) is 8.78 Å². The normalized spacial score (nSPS) is 21.9. The molecule has 20 heavy (non-hydrogen) atoms. The van der Waals surface area contributed by atoms with Crippen molar-refractivity contribution in [2.24, 2.45) is 5.73 Å². The first kappa shape index (κ1) is 15.4. The molecule has 0 amide bonds. The van der Waals surface area contributed by atoms with Crippen LogP contribution < -0.4 is 5.73 Å². The Labute approximate surface area is 118 Å². The van der Waals surface area contributed by atoms with Crippen LogP contribution in [0, 0.1) is 11.6 Å². The number of piperidine rings is 1. The summed E-state index contributed by atoms with van der Waals surface area (Å²) in [6.45, 7) is 4.56. The van der Waals surface area contributed by atoms with Crippen molar-refractivity contribution in [3.63, 3.8) is 0 Å². The summed E-state index contributed by atoms with van der Waals surface area (Å²) in [6.07, 6.45) is 2.20. The lowest BCUT2D eigenvalue weighted by molar-refractivity contribution is -0.00703. The van der Waals surface area contributed by atoms with Gasteiger partial charge in [-0.15, -0.1) is 0 Å². The highest BCUT2D eigenvalue weighted by Gasteiger charge is 2.28. The lowest BCUT2D eigenvalue weighted by Crippen LogP contribution is -2.44. The van der Waals surface area contributed by atoms with Crippen LogP contribution in [-0.4, -0.2) is 37.2 Å². The number of ether oxygens (including phenoxy) is 1. The second-order valence-electron chi connectivity index (χ2n) is 5.13. The van der Waals surface area contributed by atoms with E-state index < -0.39 is 11.6 Å². The van der Waals surface area contributed by atoms with E-state index in [4.69, 9.17) is 10.5 Å². The van der Waals surface area contributed by atoms with E-state index in [1.165, 1.54) is 12.1 Å². The van der Waals surface area contributed by atoms with Gasteiger partial charge >= 0.3 is 0 Å². The molecule has 2 atom stereocenters. The molecule has 1 aliphatic heterocycles. The first-order valence-electron chi connectivity index (χ1n) is 7.16. The maximum atomic E-state index is 13.9. The van der Waals surface area contributed by atoms with Gasteiger partial charge in [0.1, 0.15) is 11.6 Å². The zero-order valence-corrected chi connectivity index (χ0v) is 11.8. The molecule has 0 bridgehead atoms. The third-order valence-corrected chi connectivity index (χ3v) is 3.80. The first-order valence-corrected chi connectivity index (χ1v) is 7.16. The van der Waals surface area contributed by atoms with Gasteiger partial charge in [-0.3, -0.25) is 4.90 Å². The smallest absolute Gasteiger partial charge is 0.130 e. The number of rotatable bonds is 5. The average Bonchev–Trinajstić information content (AvgIpc) is 2.43. The van der Waals surface area contributed by atoms with Crippen molar-refractivity contribution in [1.82, 2.24) is 4.90 Å². The first-order chi connectivity index (χ1) is 9.65. The van der Waals surface area contributed by atoms with E-state index in [0.717, 1.165) is 32.0 Å². The summed E-state index contributed by atoms with van der Waals surface area (Å²) < 4.78 is 32.6. The molecule has 3 nitrogen and oxygen atoms in total. The van der Waals surface area contributed by atoms with Crippen molar-refractivity contribution in [1.29, 1.82) is 0 Å². The fourth-order valence-electron chi connectivity index (χ4n) is 2.87. The number of hydrogen-bond acceptors (Lipinski definition) is 3. The molecule has 2 N–H and O–H groups in total. The summed E-state index contributed by atoms with van der Waals surface area (Å²) in [5.41, 5.74) is 6.28. The molecule has 112 valence electrons. The van der Waals surface area contributed by atoms with E-state index in [-0.39, 0.29) is 12.1 Å². The molecule has 0 aliphatic carbocycles. The fraction of sp³-hybridized carbons (Fsp3) is 0.600. The second kappa shape index (κ2) is 7.11. The topological polar surface area (TPSA) is 38.5 Å². The summed E-state index contributed by atoms with van der Waals surface area (Å²) in [5, 5.41) is 0. The van der Waals surface area contributed by atoms with Crippen molar-refractivity contribution in [3.8, 4) is 0 Å². The molecule has 0 saturated carbocycles. The Morgan fingerprint density at radius 1 is 1.45 bits per heavy atom. The van der Waals surface area contributed by atoms with E-state index in [1.54, 1.807) is 0 Å². The molecule has 1 fully saturated rings. The van der Waals surface area contributed by atoms with Gasteiger partial charge in [0, 0.05) is 31.3 Å². The zero-order valence-electron chi connectivity index (χ0n) is 11.8. The molecule has 1 aliphatic rings. The van der Waals surface area contributed by atoms with E-state index >= 15 is 0 Å². The van der Waals surface area contributed by atoms with Gasteiger partial charge in [-0.2, -0.15) is 0 Å². The highest BCUT2D eigenvalue weighted by atomic mass is 19.1. The van der Waals surface area contributed by atoms with Gasteiger partial charge in [-0.05, 0) is 32.4 Å². The third-order valence-electron chi connectivity index (χ3n) is 3.80. The lowest BCUT2D eigenvalue weighted by Gasteiger charge is -2.38. The Morgan fingerprint density at radius 3 is 2.90 bits per heavy atom. The average molecular weight is 284 g/mol. The molecule has 1 saturated heterocycles. The minimum absolute atomic E-state index is 0.173. The number of likely N-dealkylation sites (tertiary alicyclic amines) is 1. The van der Waals surface area contributed by atoms with Gasteiger partial charge in [0.15, 0.2) is 0 Å². The van der Waals surface area contributed by atoms with Crippen LogP contribution in [0.4, 0.5) is 8.78 Å². The highest BCUT2D eigenvalue weighted by molar-refractivity contribution is 5.23. The van der Waals surface area contributed by atoms with E-state index in [2.05, 4.69) is 4.90 Å². The van der Waals surface area contributed by atoms with Crippen LogP contribution in [0.1, 0.15) is 31.4 Å². The summed E-state index contributed by atoms with van der Waals surface area (Å²) in [5.74, 6) is -1.09. The summed E-state index contributed by atoms with van der Waals surface area (Å²) in [7, 11) is 0. The van der Waals surface area contributed by atoms with E-state index in [1.807, 2.05) is 6.92 Å². The van der Waals surface area contributed by atoms with Crippen LogP contribution in [0.3, 0.4) is 0 Å². The van der Waals surface area contributed by atoms with Gasteiger partial charge in [-0.1, -0.05) is 6.07 Å². The Kier molecular flexibility index (Phi) is 5.46. The molecule has 0 spiro atoms. The van der Waals surface area contributed by atoms with Crippen molar-refractivity contribution in [3.05, 3.63) is 35.4 Å². The monoisotopic (exact) mass is 284 g/mol. The fourth-order valence-corrected chi connectivity index (χ4v) is 2.87. The van der Waals surface area contributed by atoms with Crippen molar-refractivity contribution >= 4 is 0 Å². The summed E-state index contributed by atoms with van der Waals surface area (Å²) in [6, 6.07) is 3.47. The summed E-state index contributed by atoms with van der Waals surface area (Å²) in [4.78, 5) is 2.14. The number of halogens is 2. The molecular formula is C15H22F2N2O. The van der Waals surface area contributed by atoms with E-state index in [0.29, 0.717) is 18.7 Å². The lowest BCUT2D eigenvalue weighted by atomic mass is 10.00. The Bertz CT molecular complexity index is 440. The molecule has 1 heterocycles.